The van der Waals surface area contributed by atoms with Crippen molar-refractivity contribution >= 4 is 39.4 Å². The summed E-state index contributed by atoms with van der Waals surface area (Å²) in [5.41, 5.74) is -2.57. The molecule has 44 heavy (non-hydrogen) atoms. The number of aromatic nitrogens is 2. The second kappa shape index (κ2) is 9.94. The van der Waals surface area contributed by atoms with Gasteiger partial charge in [-0.15, -0.1) is 0 Å². The summed E-state index contributed by atoms with van der Waals surface area (Å²) in [6, 6.07) is 6.76. The van der Waals surface area contributed by atoms with Gasteiger partial charge in [0.15, 0.2) is 5.03 Å². The number of rotatable bonds is 3. The second-order valence-corrected chi connectivity index (χ2v) is 15.3. The van der Waals surface area contributed by atoms with Crippen LogP contribution in [0, 0.1) is 16.7 Å². The zero-order chi connectivity index (χ0) is 31.9. The minimum absolute atomic E-state index is 0.00510. The fraction of sp³-hybridized carbons (Fsp3) is 0.586. The standard InChI is InChI=1S/C29H36F3N7O4S/c1-26(2,29(30,31)32)16-37-12-13-38(25(37)41)21-9-8-19-23(35-21)39-17-28(15-27(39,3)4)14-18(28)10-11-33-20-6-5-7-22(34-20)44(42,43)36-24(19)40/h5-9,18H,10-17H2,1-4H3,(H,33,34)(H,36,40). The Hall–Kier alpha value is -3.62. The maximum atomic E-state index is 13.6. The molecule has 4 aliphatic rings. The molecule has 1 saturated carbocycles. The highest BCUT2D eigenvalue weighted by atomic mass is 32.2. The highest BCUT2D eigenvalue weighted by molar-refractivity contribution is 7.90. The average Bonchev–Trinajstić information content (AvgIpc) is 3.32. The summed E-state index contributed by atoms with van der Waals surface area (Å²) < 4.78 is 69.3. The number of fused-ring (bicyclic) bond motifs is 5. The summed E-state index contributed by atoms with van der Waals surface area (Å²) >= 11 is 0. The molecule has 2 saturated heterocycles. The fourth-order valence-corrected chi connectivity index (χ4v) is 7.84. The Labute approximate surface area is 254 Å². The van der Waals surface area contributed by atoms with E-state index >= 15 is 0 Å². The third-order valence-corrected chi connectivity index (χ3v) is 10.7. The Bertz CT molecular complexity index is 1630. The lowest BCUT2D eigenvalue weighted by molar-refractivity contribution is -0.214. The van der Waals surface area contributed by atoms with Gasteiger partial charge in [0.25, 0.3) is 15.9 Å². The van der Waals surface area contributed by atoms with E-state index in [0.29, 0.717) is 24.8 Å². The Balaban J connectivity index is 1.38. The van der Waals surface area contributed by atoms with Gasteiger partial charge < -0.3 is 15.1 Å². The largest absolute Gasteiger partial charge is 0.395 e. The predicted octanol–water partition coefficient (Wildman–Crippen LogP) is 4.24. The molecular formula is C29H36F3N7O4S. The summed E-state index contributed by atoms with van der Waals surface area (Å²) in [5.74, 6) is 0.298. The van der Waals surface area contributed by atoms with Crippen LogP contribution in [0.2, 0.25) is 0 Å². The normalized spacial score (nSPS) is 26.2. The molecular weight excluding hydrogens is 599 g/mol. The van der Waals surface area contributed by atoms with Crippen molar-refractivity contribution in [2.75, 3.05) is 47.8 Å². The van der Waals surface area contributed by atoms with Crippen molar-refractivity contribution in [2.24, 2.45) is 16.7 Å². The molecule has 0 radical (unpaired) electrons. The molecule has 15 heteroatoms. The molecule has 0 aromatic carbocycles. The van der Waals surface area contributed by atoms with Gasteiger partial charge in [-0.25, -0.2) is 19.5 Å². The van der Waals surface area contributed by atoms with Gasteiger partial charge in [0.2, 0.25) is 0 Å². The molecule has 6 rings (SSSR count). The maximum Gasteiger partial charge on any atom is 0.395 e. The summed E-state index contributed by atoms with van der Waals surface area (Å²) in [7, 11) is -4.35. The molecule has 1 spiro atoms. The molecule has 2 unspecified atom stereocenters. The molecule has 2 aromatic heterocycles. The fourth-order valence-electron chi connectivity index (χ4n) is 6.90. The quantitative estimate of drug-likeness (QED) is 0.513. The van der Waals surface area contributed by atoms with Gasteiger partial charge in [-0.2, -0.15) is 21.6 Å². The number of hydrogen-bond donors (Lipinski definition) is 2. The zero-order valence-corrected chi connectivity index (χ0v) is 25.8. The van der Waals surface area contributed by atoms with Crippen LogP contribution in [0.25, 0.3) is 0 Å². The van der Waals surface area contributed by atoms with Crippen LogP contribution < -0.4 is 19.8 Å². The van der Waals surface area contributed by atoms with Crippen LogP contribution in [0.1, 0.15) is 57.3 Å². The topological polar surface area (TPSA) is 128 Å². The number of nitrogens with zero attached hydrogens (tertiary/aromatic N) is 5. The van der Waals surface area contributed by atoms with Crippen molar-refractivity contribution < 1.29 is 31.2 Å². The number of alkyl halides is 3. The molecule has 1 aliphatic carbocycles. The van der Waals surface area contributed by atoms with E-state index in [-0.39, 0.29) is 40.7 Å². The van der Waals surface area contributed by atoms with Gasteiger partial charge >= 0.3 is 12.2 Å². The monoisotopic (exact) mass is 635 g/mol. The Morgan fingerprint density at radius 1 is 1.07 bits per heavy atom. The lowest BCUT2D eigenvalue weighted by atomic mass is 9.92. The number of pyridine rings is 2. The van der Waals surface area contributed by atoms with Gasteiger partial charge in [0, 0.05) is 38.3 Å². The van der Waals surface area contributed by atoms with Crippen LogP contribution in [-0.2, 0) is 10.0 Å². The van der Waals surface area contributed by atoms with E-state index < -0.39 is 45.6 Å². The van der Waals surface area contributed by atoms with Crippen LogP contribution in [0.5, 0.6) is 0 Å². The van der Waals surface area contributed by atoms with E-state index in [1.807, 2.05) is 18.7 Å². The first-order chi connectivity index (χ1) is 20.4. The van der Waals surface area contributed by atoms with Crippen molar-refractivity contribution in [3.05, 3.63) is 35.9 Å². The van der Waals surface area contributed by atoms with Crippen LogP contribution in [0.15, 0.2) is 35.4 Å². The summed E-state index contributed by atoms with van der Waals surface area (Å²) in [6.45, 7) is 7.07. The number of amides is 3. The van der Waals surface area contributed by atoms with Gasteiger partial charge in [-0.1, -0.05) is 6.07 Å². The minimum atomic E-state index is -4.49. The Kier molecular flexibility index (Phi) is 6.87. The summed E-state index contributed by atoms with van der Waals surface area (Å²) in [5, 5.41) is 2.89. The first kappa shape index (κ1) is 30.4. The third-order valence-electron chi connectivity index (χ3n) is 9.46. The molecule has 2 atom stereocenters. The highest BCUT2D eigenvalue weighted by Crippen LogP contribution is 2.64. The molecule has 3 amide bonds. The molecule has 4 bridgehead atoms. The van der Waals surface area contributed by atoms with E-state index in [9.17, 15) is 31.2 Å². The lowest BCUT2D eigenvalue weighted by Gasteiger charge is -2.34. The van der Waals surface area contributed by atoms with Gasteiger partial charge in [0.1, 0.15) is 17.5 Å². The van der Waals surface area contributed by atoms with Crippen LogP contribution in [0.4, 0.5) is 35.4 Å². The highest BCUT2D eigenvalue weighted by Gasteiger charge is 2.62. The number of anilines is 3. The summed E-state index contributed by atoms with van der Waals surface area (Å²) in [6.07, 6.45) is -1.82. The lowest BCUT2D eigenvalue weighted by Crippen LogP contribution is -2.45. The predicted molar refractivity (Wildman–Crippen MR) is 157 cm³/mol. The summed E-state index contributed by atoms with van der Waals surface area (Å²) in [4.78, 5) is 40.4. The molecule has 5 heterocycles. The van der Waals surface area contributed by atoms with Gasteiger partial charge in [0.05, 0.1) is 11.0 Å². The van der Waals surface area contributed by atoms with Crippen molar-refractivity contribution in [1.29, 1.82) is 0 Å². The smallest absolute Gasteiger partial charge is 0.370 e. The first-order valence-electron chi connectivity index (χ1n) is 14.6. The van der Waals surface area contributed by atoms with Crippen molar-refractivity contribution in [3.63, 3.8) is 0 Å². The molecule has 3 fully saturated rings. The number of urea groups is 1. The van der Waals surface area contributed by atoms with E-state index in [2.05, 4.69) is 15.0 Å². The van der Waals surface area contributed by atoms with Crippen molar-refractivity contribution in [1.82, 2.24) is 19.6 Å². The number of hydrogen-bond acceptors (Lipinski definition) is 8. The number of nitrogens with one attached hydrogen (secondary N) is 2. The molecule has 11 nitrogen and oxygen atoms in total. The second-order valence-electron chi connectivity index (χ2n) is 13.6. The van der Waals surface area contributed by atoms with Crippen LogP contribution in [-0.4, -0.2) is 79.7 Å². The number of sulfonamides is 1. The van der Waals surface area contributed by atoms with E-state index in [1.54, 1.807) is 12.1 Å². The first-order valence-corrected chi connectivity index (χ1v) is 16.1. The van der Waals surface area contributed by atoms with E-state index in [0.717, 1.165) is 38.0 Å². The number of halogens is 3. The molecule has 2 N–H and O–H groups in total. The molecule has 2 aromatic rings. The molecule has 238 valence electrons. The van der Waals surface area contributed by atoms with E-state index in [4.69, 9.17) is 4.98 Å². The van der Waals surface area contributed by atoms with Crippen molar-refractivity contribution in [3.8, 4) is 0 Å². The molecule has 3 aliphatic heterocycles. The Morgan fingerprint density at radius 2 is 1.82 bits per heavy atom. The zero-order valence-electron chi connectivity index (χ0n) is 25.0. The van der Waals surface area contributed by atoms with E-state index in [1.165, 1.54) is 23.1 Å². The average molecular weight is 636 g/mol. The maximum absolute atomic E-state index is 13.6. The van der Waals surface area contributed by atoms with Crippen molar-refractivity contribution in [2.45, 2.75) is 63.7 Å². The van der Waals surface area contributed by atoms with Gasteiger partial charge in [-0.3, -0.25) is 9.69 Å². The number of carbonyl (C=O) groups excluding carboxylic acids is 2. The van der Waals surface area contributed by atoms with Crippen LogP contribution >= 0.6 is 0 Å². The Morgan fingerprint density at radius 3 is 2.55 bits per heavy atom. The van der Waals surface area contributed by atoms with Crippen LogP contribution in [0.3, 0.4) is 0 Å². The SMILES string of the molecule is CC1(C)CC23CC2CCNc2cccc(n2)S(=O)(=O)NC(=O)c2ccc(N4CCN(CC(C)(C)C(F)(F)F)C4=O)nc2N1C3. The number of carbonyl (C=O) groups is 2. The van der Waals surface area contributed by atoms with Gasteiger partial charge in [-0.05, 0) is 82.6 Å². The third kappa shape index (κ3) is 5.22. The minimum Gasteiger partial charge on any atom is -0.370 e.